The molecule has 1 saturated heterocycles. The molecule has 4 aliphatic rings. The van der Waals surface area contributed by atoms with Crippen LogP contribution in [0.4, 0.5) is 5.69 Å². The zero-order valence-corrected chi connectivity index (χ0v) is 28.3. The summed E-state index contributed by atoms with van der Waals surface area (Å²) in [5, 5.41) is 11.4. The molecule has 3 aliphatic carbocycles. The summed E-state index contributed by atoms with van der Waals surface area (Å²) in [5.74, 6) is -2.26. The molecule has 1 fully saturated rings. The van der Waals surface area contributed by atoms with Crippen molar-refractivity contribution in [3.63, 3.8) is 0 Å². The number of hydrogen-bond donors (Lipinski definition) is 1. The average molecular weight is 672 g/mol. The van der Waals surface area contributed by atoms with Gasteiger partial charge in [0.15, 0.2) is 23.1 Å². The quantitative estimate of drug-likeness (QED) is 0.123. The van der Waals surface area contributed by atoms with Gasteiger partial charge in [0.05, 0.1) is 38.3 Å². The zero-order valence-electron chi connectivity index (χ0n) is 28.3. The molecule has 0 unspecified atom stereocenters. The minimum absolute atomic E-state index is 0.114. The molecule has 0 bridgehead atoms. The monoisotopic (exact) mass is 671 g/mol. The first-order valence-electron chi connectivity index (χ1n) is 16.7. The van der Waals surface area contributed by atoms with Gasteiger partial charge in [0, 0.05) is 33.8 Å². The third kappa shape index (κ3) is 5.33. The number of hydrogen-bond acceptors (Lipinski definition) is 8. The highest BCUT2D eigenvalue weighted by atomic mass is 16.5. The lowest BCUT2D eigenvalue weighted by Gasteiger charge is -2.42. The van der Waals surface area contributed by atoms with Gasteiger partial charge in [-0.15, -0.1) is 0 Å². The Bertz CT molecular complexity index is 2070. The molecule has 0 radical (unpaired) electrons. The van der Waals surface area contributed by atoms with E-state index in [0.717, 1.165) is 16.7 Å². The summed E-state index contributed by atoms with van der Waals surface area (Å²) < 4.78 is 16.5. The van der Waals surface area contributed by atoms with Crippen molar-refractivity contribution in [2.24, 2.45) is 17.8 Å². The van der Waals surface area contributed by atoms with E-state index >= 15 is 0 Å². The molecule has 0 aromatic heterocycles. The molecule has 9 nitrogen and oxygen atoms in total. The van der Waals surface area contributed by atoms with Crippen LogP contribution in [0.1, 0.15) is 49.3 Å². The Morgan fingerprint density at radius 3 is 2.40 bits per heavy atom. The van der Waals surface area contributed by atoms with Crippen LogP contribution < -0.4 is 19.1 Å². The third-order valence-electron chi connectivity index (χ3n) is 10.2. The number of allylic oxidation sites excluding steroid dienone is 6. The highest BCUT2D eigenvalue weighted by molar-refractivity contribution is 6.25. The van der Waals surface area contributed by atoms with Gasteiger partial charge in [0.25, 0.3) is 0 Å². The number of aromatic hydroxyl groups is 1. The fourth-order valence-electron chi connectivity index (χ4n) is 7.91. The lowest BCUT2D eigenvalue weighted by Crippen LogP contribution is -2.39. The molecule has 0 saturated carbocycles. The number of anilines is 1. The van der Waals surface area contributed by atoms with Crippen LogP contribution in [-0.2, 0) is 19.2 Å². The van der Waals surface area contributed by atoms with Crippen molar-refractivity contribution in [1.29, 1.82) is 0 Å². The summed E-state index contributed by atoms with van der Waals surface area (Å²) in [6.07, 6.45) is 7.55. The van der Waals surface area contributed by atoms with Gasteiger partial charge in [-0.25, -0.2) is 0 Å². The number of para-hydroxylation sites is 1. The van der Waals surface area contributed by atoms with E-state index in [0.29, 0.717) is 52.5 Å². The molecule has 7 rings (SSSR count). The van der Waals surface area contributed by atoms with Crippen molar-refractivity contribution >= 4 is 41.2 Å². The van der Waals surface area contributed by atoms with Crippen LogP contribution in [0.5, 0.6) is 23.0 Å². The van der Waals surface area contributed by atoms with Crippen molar-refractivity contribution in [3.05, 3.63) is 112 Å². The van der Waals surface area contributed by atoms with Crippen LogP contribution in [0.15, 0.2) is 95.1 Å². The normalized spacial score (nSPS) is 23.0. The number of ketones is 2. The van der Waals surface area contributed by atoms with Gasteiger partial charge in [-0.1, -0.05) is 48.1 Å². The molecule has 1 N–H and O–H groups in total. The average Bonchev–Trinajstić information content (AvgIpc) is 3.39. The number of Topliss-reactive ketones (excluding diaryl/α,β-unsaturated/α-hetero) is 1. The van der Waals surface area contributed by atoms with Crippen LogP contribution in [-0.4, -0.2) is 49.3 Å². The number of nitrogens with zero attached hydrogens (tertiary/aromatic N) is 1. The van der Waals surface area contributed by atoms with Gasteiger partial charge >= 0.3 is 0 Å². The van der Waals surface area contributed by atoms with Gasteiger partial charge in [-0.05, 0) is 80.6 Å². The number of ether oxygens (including phenoxy) is 3. The largest absolute Gasteiger partial charge is 0.504 e. The lowest BCUT2D eigenvalue weighted by molar-refractivity contribution is -0.123. The Hall–Kier alpha value is -5.70. The predicted octanol–water partition coefficient (Wildman–Crippen LogP) is 6.61. The number of carbonyl (C=O) groups is 4. The number of carbonyl (C=O) groups excluding carboxylic acids is 4. The van der Waals surface area contributed by atoms with Gasteiger partial charge in [0.2, 0.25) is 11.8 Å². The van der Waals surface area contributed by atoms with Crippen molar-refractivity contribution < 1.29 is 38.5 Å². The maximum Gasteiger partial charge on any atom is 0.238 e. The van der Waals surface area contributed by atoms with E-state index < -0.39 is 23.7 Å². The molecule has 254 valence electrons. The molecule has 4 atom stereocenters. The number of phenolic OH excluding ortho intramolecular Hbond substituents is 1. The summed E-state index contributed by atoms with van der Waals surface area (Å²) in [7, 11) is 3.20. The second-order valence-corrected chi connectivity index (χ2v) is 12.9. The number of amides is 2. The molecule has 1 heterocycles. The Balaban J connectivity index is 1.22. The number of rotatable bonds is 8. The Kier molecular flexibility index (Phi) is 8.51. The molecule has 3 aromatic carbocycles. The minimum Gasteiger partial charge on any atom is -0.504 e. The van der Waals surface area contributed by atoms with Crippen LogP contribution >= 0.6 is 0 Å². The maximum absolute atomic E-state index is 14.3. The summed E-state index contributed by atoms with van der Waals surface area (Å²) >= 11 is 0. The first-order valence-corrected chi connectivity index (χ1v) is 16.7. The van der Waals surface area contributed by atoms with E-state index in [2.05, 4.69) is 0 Å². The van der Waals surface area contributed by atoms with Crippen LogP contribution in [0, 0.1) is 17.8 Å². The van der Waals surface area contributed by atoms with E-state index in [4.69, 9.17) is 14.2 Å². The van der Waals surface area contributed by atoms with E-state index in [9.17, 15) is 24.3 Å². The summed E-state index contributed by atoms with van der Waals surface area (Å²) in [5.41, 5.74) is 4.32. The third-order valence-corrected chi connectivity index (χ3v) is 10.2. The number of imide groups is 1. The number of phenols is 1. The number of fused-ring (bicyclic) bond motifs is 3. The Morgan fingerprint density at radius 1 is 0.900 bits per heavy atom. The summed E-state index contributed by atoms with van der Waals surface area (Å²) in [6.45, 7) is 3.75. The highest BCUT2D eigenvalue weighted by Gasteiger charge is 2.57. The van der Waals surface area contributed by atoms with E-state index in [1.807, 2.05) is 55.5 Å². The van der Waals surface area contributed by atoms with Crippen LogP contribution in [0.25, 0.3) is 12.2 Å². The van der Waals surface area contributed by atoms with Crippen LogP contribution in [0.2, 0.25) is 0 Å². The molecule has 3 aromatic rings. The second kappa shape index (κ2) is 13.0. The van der Waals surface area contributed by atoms with Gasteiger partial charge < -0.3 is 19.3 Å². The molecular formula is C41H37NO8. The van der Waals surface area contributed by atoms with Gasteiger partial charge in [-0.2, -0.15) is 0 Å². The maximum atomic E-state index is 14.3. The molecule has 1 aliphatic heterocycles. The topological polar surface area (TPSA) is 119 Å². The lowest BCUT2D eigenvalue weighted by atomic mass is 9.59. The smallest absolute Gasteiger partial charge is 0.238 e. The number of benzene rings is 3. The van der Waals surface area contributed by atoms with Gasteiger partial charge in [0.1, 0.15) is 11.5 Å². The van der Waals surface area contributed by atoms with Crippen molar-refractivity contribution in [1.82, 2.24) is 0 Å². The minimum atomic E-state index is -0.767. The predicted molar refractivity (Wildman–Crippen MR) is 188 cm³/mol. The van der Waals surface area contributed by atoms with E-state index in [-0.39, 0.29) is 41.3 Å². The fraction of sp³-hybridized carbons (Fsp3) is 0.268. The highest BCUT2D eigenvalue weighted by Crippen LogP contribution is 2.57. The molecule has 50 heavy (non-hydrogen) atoms. The van der Waals surface area contributed by atoms with Crippen molar-refractivity contribution in [2.45, 2.75) is 32.6 Å². The second-order valence-electron chi connectivity index (χ2n) is 12.9. The molecule has 2 amide bonds. The Morgan fingerprint density at radius 2 is 1.68 bits per heavy atom. The van der Waals surface area contributed by atoms with Crippen molar-refractivity contribution in [2.75, 3.05) is 25.7 Å². The first kappa shape index (κ1) is 32.8. The Labute approximate surface area is 290 Å². The number of methoxy groups -OCH3 is 2. The zero-order chi connectivity index (χ0) is 35.3. The van der Waals surface area contributed by atoms with Gasteiger partial charge in [-0.3, -0.25) is 24.1 Å². The van der Waals surface area contributed by atoms with Crippen molar-refractivity contribution in [3.8, 4) is 23.0 Å². The first-order chi connectivity index (χ1) is 24.2. The summed E-state index contributed by atoms with van der Waals surface area (Å²) in [6, 6.07) is 17.8. The molecular weight excluding hydrogens is 634 g/mol. The van der Waals surface area contributed by atoms with E-state index in [1.165, 1.54) is 11.0 Å². The van der Waals surface area contributed by atoms with Crippen LogP contribution in [0.3, 0.4) is 0 Å². The fourth-order valence-corrected chi connectivity index (χ4v) is 7.91. The SMILES string of the molecule is CCOc1cccc([C@H]2C3=CC[C@@H]4C(=O)N(c5ccc(C=Cc6cc(OC)ccc6OC)cc5)C(=O)[C@@H]4[C@@H]3CC3=C2C(=O)C(C)=CC3=O)c1O. The molecule has 0 spiro atoms. The molecule has 9 heteroatoms. The standard InChI is InChI=1S/C41H37NO8/c1-5-50-34-8-6-7-28(39(34)45)35-27-16-17-29-36(30(27)21-31-32(43)19-22(2)38(44)37(31)35)41(47)42(40(29)46)25-13-10-23(11-14-25)9-12-24-20-26(48-3)15-18-33(24)49-4/h6-16,18-20,29-30,35-36,45H,5,17,21H2,1-4H3/t29-,30+,35+,36-/m0/s1. The summed E-state index contributed by atoms with van der Waals surface area (Å²) in [4.78, 5) is 56.7. The van der Waals surface area contributed by atoms with E-state index in [1.54, 1.807) is 51.5 Å².